The fraction of sp³-hybridized carbons (Fsp3) is 0.375. The minimum absolute atomic E-state index is 0.222. The lowest BCUT2D eigenvalue weighted by molar-refractivity contribution is -0.140. The average Bonchev–Trinajstić information content (AvgIpc) is 3.13. The van der Waals surface area contributed by atoms with E-state index in [4.69, 9.17) is 0 Å². The number of anilines is 1. The molecule has 0 aromatic heterocycles. The molecule has 2 aromatic carbocycles. The van der Waals surface area contributed by atoms with E-state index in [1.165, 1.54) is 18.2 Å². The Balaban J connectivity index is 1.59. The number of nitrogens with one attached hydrogen (secondary N) is 1. The summed E-state index contributed by atoms with van der Waals surface area (Å²) in [5, 5.41) is 13.0. The minimum atomic E-state index is -1.00. The first-order valence-corrected chi connectivity index (χ1v) is 10.8. The first kappa shape index (κ1) is 22.0. The molecule has 1 fully saturated rings. The summed E-state index contributed by atoms with van der Waals surface area (Å²) in [4.78, 5) is 38.4. The number of ether oxygens (including phenoxy) is 1. The number of aryl methyl sites for hydroxylation is 1. The monoisotopic (exact) mass is 438 g/mol. The normalized spacial score (nSPS) is 20.2. The van der Waals surface area contributed by atoms with Crippen LogP contribution in [0.25, 0.3) is 0 Å². The second kappa shape index (κ2) is 9.10. The smallest absolute Gasteiger partial charge is 0.429 e. The molecular weight excluding hydrogens is 410 g/mol. The molecule has 2 N–H and O–H groups in total. The van der Waals surface area contributed by atoms with Crippen LogP contribution in [0.15, 0.2) is 42.5 Å². The molecule has 1 unspecified atom stereocenters. The summed E-state index contributed by atoms with van der Waals surface area (Å²) in [6, 6.07) is 13.2. The quantitative estimate of drug-likeness (QED) is 0.509. The molecule has 0 spiro atoms. The maximum absolute atomic E-state index is 13.6. The molecule has 2 amide bonds. The number of carbonyl (C=O) groups excluding carboxylic acids is 2. The van der Waals surface area contributed by atoms with Crippen LogP contribution in [0.5, 0.6) is 0 Å². The van der Waals surface area contributed by atoms with E-state index in [2.05, 4.69) is 10.1 Å². The number of aliphatic carboxylic acids is 1. The number of nitrogens with zero attached hydrogens (tertiary/aromatic N) is 2. The van der Waals surface area contributed by atoms with Crippen LogP contribution in [0.3, 0.4) is 0 Å². The van der Waals surface area contributed by atoms with Gasteiger partial charge in [0.05, 0.1) is 13.7 Å². The van der Waals surface area contributed by atoms with Crippen LogP contribution in [-0.4, -0.2) is 56.4 Å². The summed E-state index contributed by atoms with van der Waals surface area (Å²) in [6.45, 7) is 2.21. The van der Waals surface area contributed by atoms with Crippen LogP contribution >= 0.6 is 0 Å². The Hall–Kier alpha value is -3.23. The van der Waals surface area contributed by atoms with Crippen molar-refractivity contribution in [1.29, 1.82) is 0 Å². The zero-order valence-corrected chi connectivity index (χ0v) is 18.2. The highest BCUT2D eigenvalue weighted by molar-refractivity contribution is 6.04. The van der Waals surface area contributed by atoms with Crippen molar-refractivity contribution in [2.75, 3.05) is 38.2 Å². The van der Waals surface area contributed by atoms with Crippen LogP contribution in [-0.2, 0) is 33.7 Å². The average molecular weight is 439 g/mol. The molecule has 1 saturated heterocycles. The Bertz CT molecular complexity index is 1040. The van der Waals surface area contributed by atoms with Gasteiger partial charge in [0.1, 0.15) is 12.2 Å². The van der Waals surface area contributed by atoms with Gasteiger partial charge in [-0.05, 0) is 48.2 Å². The molecule has 0 bridgehead atoms. The number of carbonyl (C=O) groups is 3. The third-order valence-corrected chi connectivity index (χ3v) is 6.37. The molecule has 8 heteroatoms. The number of hydrogen-bond donors (Lipinski definition) is 2. The SMILES string of the molecule is COC(=O)CCc1ccc(N2CC[N+](CC(=O)O)(c3ccc4c(c3)CCNC4)C2=O)cc1. The van der Waals surface area contributed by atoms with E-state index in [1.807, 2.05) is 42.5 Å². The van der Waals surface area contributed by atoms with E-state index in [1.54, 1.807) is 4.90 Å². The number of quaternary nitrogens is 1. The van der Waals surface area contributed by atoms with Crippen molar-refractivity contribution < 1.29 is 24.2 Å². The Kier molecular flexibility index (Phi) is 6.25. The fourth-order valence-electron chi connectivity index (χ4n) is 4.56. The van der Waals surface area contributed by atoms with Gasteiger partial charge in [0.2, 0.25) is 0 Å². The molecule has 32 heavy (non-hydrogen) atoms. The number of carboxylic acid groups (broad SMARTS) is 1. The summed E-state index contributed by atoms with van der Waals surface area (Å²) in [7, 11) is 1.37. The van der Waals surface area contributed by atoms with Gasteiger partial charge in [0, 0.05) is 30.8 Å². The second-order valence-electron chi connectivity index (χ2n) is 8.30. The summed E-state index contributed by atoms with van der Waals surface area (Å²) in [5.74, 6) is -1.27. The molecular formula is C24H28N3O5+. The van der Waals surface area contributed by atoms with E-state index >= 15 is 0 Å². The predicted molar refractivity (Wildman–Crippen MR) is 121 cm³/mol. The van der Waals surface area contributed by atoms with Crippen LogP contribution in [0, 0.1) is 0 Å². The predicted octanol–water partition coefficient (Wildman–Crippen LogP) is 2.47. The highest BCUT2D eigenvalue weighted by atomic mass is 16.5. The van der Waals surface area contributed by atoms with Crippen molar-refractivity contribution in [2.45, 2.75) is 25.8 Å². The molecule has 4 rings (SSSR count). The van der Waals surface area contributed by atoms with E-state index in [0.29, 0.717) is 25.9 Å². The largest absolute Gasteiger partial charge is 0.477 e. The zero-order chi connectivity index (χ0) is 22.7. The maximum Gasteiger partial charge on any atom is 0.429 e. The number of fused-ring (bicyclic) bond motifs is 1. The molecule has 8 nitrogen and oxygen atoms in total. The Morgan fingerprint density at radius 1 is 1.16 bits per heavy atom. The molecule has 0 saturated carbocycles. The highest BCUT2D eigenvalue weighted by Crippen LogP contribution is 2.34. The van der Waals surface area contributed by atoms with E-state index in [-0.39, 0.29) is 23.0 Å². The van der Waals surface area contributed by atoms with Gasteiger partial charge in [0.15, 0.2) is 6.54 Å². The van der Waals surface area contributed by atoms with Gasteiger partial charge >= 0.3 is 18.0 Å². The minimum Gasteiger partial charge on any atom is -0.477 e. The first-order chi connectivity index (χ1) is 15.4. The summed E-state index contributed by atoms with van der Waals surface area (Å²) < 4.78 is 4.45. The fourth-order valence-corrected chi connectivity index (χ4v) is 4.56. The van der Waals surface area contributed by atoms with Crippen LogP contribution in [0.4, 0.5) is 16.2 Å². The van der Waals surface area contributed by atoms with Crippen LogP contribution in [0.1, 0.15) is 23.1 Å². The van der Waals surface area contributed by atoms with E-state index in [0.717, 1.165) is 36.4 Å². The standard InChI is InChI=1S/C24H27N3O5/c1-32-23(30)9-4-17-2-6-20(7-3-17)26-12-13-27(24(26)31,16-22(28)29)21-8-5-19-15-25-11-10-18(19)14-21/h2-3,5-8,14,25H,4,9-13,15-16H2,1H3/p+1. The van der Waals surface area contributed by atoms with Gasteiger partial charge in [-0.25, -0.2) is 9.59 Å². The molecule has 2 aliphatic rings. The van der Waals surface area contributed by atoms with Crippen molar-refractivity contribution in [3.8, 4) is 0 Å². The molecule has 2 aromatic rings. The van der Waals surface area contributed by atoms with Gasteiger partial charge in [-0.3, -0.25) is 9.69 Å². The Labute approximate surface area is 187 Å². The molecule has 0 radical (unpaired) electrons. The van der Waals surface area contributed by atoms with Crippen molar-refractivity contribution in [1.82, 2.24) is 9.80 Å². The third kappa shape index (κ3) is 4.24. The lowest BCUT2D eigenvalue weighted by atomic mass is 9.99. The van der Waals surface area contributed by atoms with Gasteiger partial charge in [-0.1, -0.05) is 18.2 Å². The van der Waals surface area contributed by atoms with Crippen molar-refractivity contribution in [3.05, 3.63) is 59.2 Å². The van der Waals surface area contributed by atoms with E-state index < -0.39 is 5.97 Å². The van der Waals surface area contributed by atoms with Gasteiger partial charge < -0.3 is 15.2 Å². The summed E-state index contributed by atoms with van der Waals surface area (Å²) in [6.07, 6.45) is 1.72. The van der Waals surface area contributed by atoms with Crippen molar-refractivity contribution >= 4 is 29.3 Å². The summed E-state index contributed by atoms with van der Waals surface area (Å²) >= 11 is 0. The topological polar surface area (TPSA) is 95.9 Å². The maximum atomic E-state index is 13.6. The number of benzene rings is 2. The third-order valence-electron chi connectivity index (χ3n) is 6.37. The van der Waals surface area contributed by atoms with Crippen molar-refractivity contribution in [3.63, 3.8) is 0 Å². The molecule has 0 aliphatic carbocycles. The molecule has 1 atom stereocenters. The zero-order valence-electron chi connectivity index (χ0n) is 18.2. The number of carboxylic acids is 1. The van der Waals surface area contributed by atoms with Crippen LogP contribution in [0.2, 0.25) is 0 Å². The van der Waals surface area contributed by atoms with Crippen LogP contribution < -0.4 is 14.7 Å². The number of rotatable bonds is 7. The Morgan fingerprint density at radius 3 is 2.66 bits per heavy atom. The number of urea groups is 1. The van der Waals surface area contributed by atoms with E-state index in [9.17, 15) is 19.5 Å². The first-order valence-electron chi connectivity index (χ1n) is 10.8. The number of methoxy groups -OCH3 is 1. The molecule has 2 aliphatic heterocycles. The summed E-state index contributed by atoms with van der Waals surface area (Å²) in [5.41, 5.74) is 4.80. The Morgan fingerprint density at radius 2 is 1.94 bits per heavy atom. The lowest BCUT2D eigenvalue weighted by Crippen LogP contribution is -2.55. The van der Waals surface area contributed by atoms with Crippen molar-refractivity contribution in [2.24, 2.45) is 0 Å². The number of esters is 1. The number of amides is 2. The molecule has 168 valence electrons. The highest BCUT2D eigenvalue weighted by Gasteiger charge is 2.50. The van der Waals surface area contributed by atoms with Gasteiger partial charge in [-0.15, -0.1) is 0 Å². The van der Waals surface area contributed by atoms with Gasteiger partial charge in [0.25, 0.3) is 0 Å². The number of hydrogen-bond acceptors (Lipinski definition) is 5. The molecule has 2 heterocycles. The van der Waals surface area contributed by atoms with Gasteiger partial charge in [-0.2, -0.15) is 4.48 Å². The second-order valence-corrected chi connectivity index (χ2v) is 8.30. The lowest BCUT2D eigenvalue weighted by Gasteiger charge is -2.30.